The van der Waals surface area contributed by atoms with Gasteiger partial charge in [-0.05, 0) is 6.92 Å². The molecule has 0 aliphatic carbocycles. The van der Waals surface area contributed by atoms with Gasteiger partial charge in [0.2, 0.25) is 0 Å². The van der Waals surface area contributed by atoms with Crippen molar-refractivity contribution in [3.05, 3.63) is 35.9 Å². The minimum atomic E-state index is -0.937. The highest BCUT2D eigenvalue weighted by molar-refractivity contribution is 5.16. The first kappa shape index (κ1) is 14.0. The summed E-state index contributed by atoms with van der Waals surface area (Å²) < 4.78 is 17.4. The molecule has 2 N–H and O–H groups in total. The lowest BCUT2D eigenvalue weighted by atomic mass is 9.88. The molecule has 0 radical (unpaired) electrons. The molecule has 110 valence electrons. The third-order valence-electron chi connectivity index (χ3n) is 4.09. The normalized spacial score (nSPS) is 41.1. The first-order valence-corrected chi connectivity index (χ1v) is 6.91. The van der Waals surface area contributed by atoms with Crippen LogP contribution in [0.5, 0.6) is 0 Å². The Labute approximate surface area is 118 Å². The van der Waals surface area contributed by atoms with Gasteiger partial charge in [0.15, 0.2) is 6.29 Å². The van der Waals surface area contributed by atoms with E-state index in [9.17, 15) is 10.2 Å². The number of aliphatic hydroxyl groups is 2. The van der Waals surface area contributed by atoms with E-state index in [-0.39, 0.29) is 18.8 Å². The molecule has 0 saturated carbocycles. The number of benzene rings is 1. The molecule has 20 heavy (non-hydrogen) atoms. The lowest BCUT2D eigenvalue weighted by Gasteiger charge is -2.48. The molecule has 0 aromatic heterocycles. The lowest BCUT2D eigenvalue weighted by Crippen LogP contribution is -2.60. The van der Waals surface area contributed by atoms with Crippen LogP contribution in [0.3, 0.4) is 0 Å². The van der Waals surface area contributed by atoms with Gasteiger partial charge in [-0.3, -0.25) is 0 Å². The van der Waals surface area contributed by atoms with Gasteiger partial charge in [-0.15, -0.1) is 0 Å². The molecule has 1 aromatic rings. The van der Waals surface area contributed by atoms with E-state index in [1.54, 1.807) is 6.92 Å². The molecule has 2 aliphatic heterocycles. The fourth-order valence-corrected chi connectivity index (χ4v) is 2.71. The van der Waals surface area contributed by atoms with Crippen molar-refractivity contribution in [1.82, 2.24) is 0 Å². The quantitative estimate of drug-likeness (QED) is 0.846. The molecule has 0 bridgehead atoms. The summed E-state index contributed by atoms with van der Waals surface area (Å²) in [6.07, 6.45) is -1.21. The monoisotopic (exact) mass is 280 g/mol. The highest BCUT2D eigenvalue weighted by Gasteiger charge is 2.48. The van der Waals surface area contributed by atoms with E-state index in [0.29, 0.717) is 13.0 Å². The van der Waals surface area contributed by atoms with E-state index >= 15 is 0 Å². The van der Waals surface area contributed by atoms with Crippen molar-refractivity contribution in [2.45, 2.75) is 43.5 Å². The smallest absolute Gasteiger partial charge is 0.184 e. The number of fused-ring (bicyclic) bond motifs is 1. The van der Waals surface area contributed by atoms with Gasteiger partial charge in [-0.25, -0.2) is 0 Å². The highest BCUT2D eigenvalue weighted by atomic mass is 16.7. The Bertz CT molecular complexity index is 451. The van der Waals surface area contributed by atoms with Crippen LogP contribution in [0.1, 0.15) is 25.2 Å². The zero-order valence-corrected chi connectivity index (χ0v) is 11.4. The van der Waals surface area contributed by atoms with Gasteiger partial charge >= 0.3 is 0 Å². The third-order valence-corrected chi connectivity index (χ3v) is 4.09. The summed E-state index contributed by atoms with van der Waals surface area (Å²) >= 11 is 0. The predicted molar refractivity (Wildman–Crippen MR) is 71.0 cm³/mol. The molecule has 0 unspecified atom stereocenters. The Morgan fingerprint density at radius 1 is 1.25 bits per heavy atom. The molecule has 0 amide bonds. The second-order valence-electron chi connectivity index (χ2n) is 5.63. The molecule has 5 heteroatoms. The van der Waals surface area contributed by atoms with Gasteiger partial charge in [-0.2, -0.15) is 0 Å². The van der Waals surface area contributed by atoms with E-state index in [1.165, 1.54) is 0 Å². The van der Waals surface area contributed by atoms with Crippen LogP contribution in [0.25, 0.3) is 0 Å². The number of hydrogen-bond acceptors (Lipinski definition) is 5. The SMILES string of the molecule is C[C@]1(CO)O[C@H]2CO[C@H](c3ccccc3)O[C@@H]2C[C@@H]1O. The van der Waals surface area contributed by atoms with E-state index in [4.69, 9.17) is 14.2 Å². The highest BCUT2D eigenvalue weighted by Crippen LogP contribution is 2.37. The average Bonchev–Trinajstić information content (AvgIpc) is 2.49. The molecule has 5 nitrogen and oxygen atoms in total. The Morgan fingerprint density at radius 2 is 2.00 bits per heavy atom. The van der Waals surface area contributed by atoms with Crippen LogP contribution >= 0.6 is 0 Å². The Morgan fingerprint density at radius 3 is 2.70 bits per heavy atom. The minimum Gasteiger partial charge on any atom is -0.393 e. The molecule has 2 aliphatic rings. The van der Waals surface area contributed by atoms with Crippen LogP contribution in [-0.2, 0) is 14.2 Å². The fraction of sp³-hybridized carbons (Fsp3) is 0.600. The summed E-state index contributed by atoms with van der Waals surface area (Å²) in [5.74, 6) is 0. The summed E-state index contributed by atoms with van der Waals surface area (Å²) in [6.45, 7) is 1.88. The second-order valence-corrected chi connectivity index (χ2v) is 5.63. The van der Waals surface area contributed by atoms with Crippen LogP contribution in [0.2, 0.25) is 0 Å². The maximum atomic E-state index is 10.1. The van der Waals surface area contributed by atoms with Gasteiger partial charge < -0.3 is 24.4 Å². The number of ether oxygens (including phenoxy) is 3. The van der Waals surface area contributed by atoms with Gasteiger partial charge in [0.25, 0.3) is 0 Å². The standard InChI is InChI=1S/C15H20O5/c1-15(9-16)13(17)7-11-12(20-15)8-18-14(19-11)10-5-3-2-4-6-10/h2-6,11-14,16-17H,7-9H2,1H3/t11-,12+,13+,14+,15-/m1/s1. The third kappa shape index (κ3) is 2.47. The second kappa shape index (κ2) is 5.42. The van der Waals surface area contributed by atoms with Crippen LogP contribution in [0, 0.1) is 0 Å². The summed E-state index contributed by atoms with van der Waals surface area (Å²) in [6, 6.07) is 9.70. The molecule has 2 fully saturated rings. The first-order valence-electron chi connectivity index (χ1n) is 6.91. The predicted octanol–water partition coefficient (Wildman–Crippen LogP) is 1.00. The zero-order valence-electron chi connectivity index (χ0n) is 11.4. The Hall–Kier alpha value is -0.980. The van der Waals surface area contributed by atoms with Crippen LogP contribution < -0.4 is 0 Å². The number of rotatable bonds is 2. The average molecular weight is 280 g/mol. The van der Waals surface area contributed by atoms with Crippen molar-refractivity contribution >= 4 is 0 Å². The van der Waals surface area contributed by atoms with E-state index in [1.807, 2.05) is 30.3 Å². The molecule has 1 aromatic carbocycles. The maximum Gasteiger partial charge on any atom is 0.184 e. The van der Waals surface area contributed by atoms with Crippen LogP contribution in [-0.4, -0.2) is 47.3 Å². The number of hydrogen-bond donors (Lipinski definition) is 2. The molecule has 2 heterocycles. The topological polar surface area (TPSA) is 68.2 Å². The van der Waals surface area contributed by atoms with Crippen LogP contribution in [0.4, 0.5) is 0 Å². The van der Waals surface area contributed by atoms with E-state index < -0.39 is 18.0 Å². The fourth-order valence-electron chi connectivity index (χ4n) is 2.71. The largest absolute Gasteiger partial charge is 0.393 e. The van der Waals surface area contributed by atoms with E-state index in [0.717, 1.165) is 5.56 Å². The van der Waals surface area contributed by atoms with Crippen molar-refractivity contribution in [2.75, 3.05) is 13.2 Å². The zero-order chi connectivity index (χ0) is 14.2. The Balaban J connectivity index is 1.71. The molecular weight excluding hydrogens is 260 g/mol. The number of aliphatic hydroxyl groups excluding tert-OH is 2. The Kier molecular flexibility index (Phi) is 3.79. The van der Waals surface area contributed by atoms with Crippen LogP contribution in [0.15, 0.2) is 30.3 Å². The summed E-state index contributed by atoms with van der Waals surface area (Å²) in [5.41, 5.74) is 0.0175. The molecule has 3 rings (SSSR count). The van der Waals surface area contributed by atoms with E-state index in [2.05, 4.69) is 0 Å². The molecule has 0 spiro atoms. The maximum absolute atomic E-state index is 10.1. The summed E-state index contributed by atoms with van der Waals surface area (Å²) in [7, 11) is 0. The van der Waals surface area contributed by atoms with Gasteiger partial charge in [0.1, 0.15) is 11.7 Å². The van der Waals surface area contributed by atoms with Crippen molar-refractivity contribution < 1.29 is 24.4 Å². The summed E-state index contributed by atoms with van der Waals surface area (Å²) in [5, 5.41) is 19.5. The first-order chi connectivity index (χ1) is 9.62. The summed E-state index contributed by atoms with van der Waals surface area (Å²) in [4.78, 5) is 0. The molecule has 2 saturated heterocycles. The van der Waals surface area contributed by atoms with Gasteiger partial charge in [0.05, 0.1) is 25.4 Å². The molecule has 5 atom stereocenters. The lowest BCUT2D eigenvalue weighted by molar-refractivity contribution is -0.324. The minimum absolute atomic E-state index is 0.219. The van der Waals surface area contributed by atoms with Gasteiger partial charge in [-0.1, -0.05) is 30.3 Å². The van der Waals surface area contributed by atoms with Crippen molar-refractivity contribution in [1.29, 1.82) is 0 Å². The van der Waals surface area contributed by atoms with Crippen molar-refractivity contribution in [3.63, 3.8) is 0 Å². The van der Waals surface area contributed by atoms with Crippen molar-refractivity contribution in [2.24, 2.45) is 0 Å². The molecular formula is C15H20O5. The van der Waals surface area contributed by atoms with Crippen molar-refractivity contribution in [3.8, 4) is 0 Å². The van der Waals surface area contributed by atoms with Gasteiger partial charge in [0, 0.05) is 12.0 Å².